The highest BCUT2D eigenvalue weighted by Gasteiger charge is 2.16. The molecule has 21 heavy (non-hydrogen) atoms. The van der Waals surface area contributed by atoms with E-state index < -0.39 is 0 Å². The van der Waals surface area contributed by atoms with Gasteiger partial charge in [0.05, 0.1) is 5.69 Å². The Labute approximate surface area is 122 Å². The molecule has 1 fully saturated rings. The number of nitrogens with zero attached hydrogens (tertiary/aromatic N) is 4. The topological polar surface area (TPSA) is 84.2 Å². The van der Waals surface area contributed by atoms with Crippen LogP contribution in [-0.4, -0.2) is 34.1 Å². The molecule has 1 aliphatic rings. The number of amides is 1. The maximum atomic E-state index is 12.2. The molecule has 7 nitrogen and oxygen atoms in total. The fourth-order valence-electron chi connectivity index (χ4n) is 2.37. The van der Waals surface area contributed by atoms with Gasteiger partial charge in [0.1, 0.15) is 17.8 Å². The summed E-state index contributed by atoms with van der Waals surface area (Å²) >= 11 is 0. The number of carbonyl (C=O) groups excluding carboxylic acids is 1. The van der Waals surface area contributed by atoms with Gasteiger partial charge in [0.15, 0.2) is 0 Å². The molecule has 1 aliphatic heterocycles. The van der Waals surface area contributed by atoms with E-state index in [4.69, 9.17) is 4.52 Å². The van der Waals surface area contributed by atoms with Crippen LogP contribution in [0.1, 0.15) is 35.4 Å². The van der Waals surface area contributed by atoms with E-state index in [9.17, 15) is 4.79 Å². The van der Waals surface area contributed by atoms with Gasteiger partial charge in [-0.15, -0.1) is 0 Å². The summed E-state index contributed by atoms with van der Waals surface area (Å²) < 4.78 is 4.97. The van der Waals surface area contributed by atoms with Gasteiger partial charge in [-0.3, -0.25) is 10.1 Å². The van der Waals surface area contributed by atoms with Gasteiger partial charge in [0.25, 0.3) is 5.91 Å². The first-order valence-corrected chi connectivity index (χ1v) is 7.04. The van der Waals surface area contributed by atoms with Crippen LogP contribution in [0.5, 0.6) is 0 Å². The first-order valence-electron chi connectivity index (χ1n) is 7.04. The zero-order chi connectivity index (χ0) is 14.7. The summed E-state index contributed by atoms with van der Waals surface area (Å²) in [5, 5.41) is 6.36. The third-order valence-electron chi connectivity index (χ3n) is 3.43. The fraction of sp³-hybridized carbons (Fsp3) is 0.429. The van der Waals surface area contributed by atoms with Gasteiger partial charge in [0, 0.05) is 25.2 Å². The Morgan fingerprint density at radius 2 is 2.05 bits per heavy atom. The lowest BCUT2D eigenvalue weighted by molar-refractivity contribution is 0.101. The largest absolute Gasteiger partial charge is 0.357 e. The minimum Gasteiger partial charge on any atom is -0.357 e. The van der Waals surface area contributed by atoms with Crippen molar-refractivity contribution in [3.63, 3.8) is 0 Å². The summed E-state index contributed by atoms with van der Waals surface area (Å²) in [7, 11) is 0. The molecule has 1 N–H and O–H groups in total. The number of hydrogen-bond donors (Lipinski definition) is 1. The van der Waals surface area contributed by atoms with Crippen molar-refractivity contribution < 1.29 is 9.32 Å². The molecule has 0 radical (unpaired) electrons. The maximum Gasteiger partial charge on any atom is 0.276 e. The van der Waals surface area contributed by atoms with Crippen molar-refractivity contribution in [3.8, 4) is 0 Å². The monoisotopic (exact) mass is 287 g/mol. The average molecular weight is 287 g/mol. The molecule has 3 heterocycles. The molecule has 0 aliphatic carbocycles. The fourth-order valence-corrected chi connectivity index (χ4v) is 2.37. The number of hydrogen-bond acceptors (Lipinski definition) is 6. The highest BCUT2D eigenvalue weighted by molar-refractivity contribution is 6.02. The lowest BCUT2D eigenvalue weighted by atomic mass is 10.1. The molecule has 0 unspecified atom stereocenters. The van der Waals surface area contributed by atoms with E-state index in [2.05, 4.69) is 25.3 Å². The highest BCUT2D eigenvalue weighted by Crippen LogP contribution is 2.18. The molecule has 0 saturated carbocycles. The van der Waals surface area contributed by atoms with Gasteiger partial charge in [-0.25, -0.2) is 9.97 Å². The second-order valence-electron chi connectivity index (χ2n) is 5.10. The predicted octanol–water partition coefficient (Wildman–Crippen LogP) is 2.02. The van der Waals surface area contributed by atoms with Crippen LogP contribution in [0.3, 0.4) is 0 Å². The van der Waals surface area contributed by atoms with E-state index >= 15 is 0 Å². The Kier molecular flexibility index (Phi) is 3.81. The third-order valence-corrected chi connectivity index (χ3v) is 3.43. The van der Waals surface area contributed by atoms with Crippen LogP contribution in [0.4, 0.5) is 11.7 Å². The number of piperidine rings is 1. The molecule has 7 heteroatoms. The quantitative estimate of drug-likeness (QED) is 0.929. The van der Waals surface area contributed by atoms with E-state index in [0.29, 0.717) is 17.3 Å². The van der Waals surface area contributed by atoms with E-state index in [1.54, 1.807) is 19.1 Å². The molecule has 0 aromatic carbocycles. The third kappa shape index (κ3) is 3.18. The van der Waals surface area contributed by atoms with Crippen LogP contribution < -0.4 is 10.2 Å². The molecule has 110 valence electrons. The summed E-state index contributed by atoms with van der Waals surface area (Å²) in [4.78, 5) is 22.6. The van der Waals surface area contributed by atoms with Crippen molar-refractivity contribution in [2.24, 2.45) is 0 Å². The van der Waals surface area contributed by atoms with Crippen LogP contribution in [0.25, 0.3) is 0 Å². The highest BCUT2D eigenvalue weighted by atomic mass is 16.5. The summed E-state index contributed by atoms with van der Waals surface area (Å²) in [6, 6.07) is 3.37. The number of aromatic nitrogens is 3. The Morgan fingerprint density at radius 1 is 1.24 bits per heavy atom. The summed E-state index contributed by atoms with van der Waals surface area (Å²) in [6.07, 6.45) is 4.98. The van der Waals surface area contributed by atoms with Crippen molar-refractivity contribution in [1.29, 1.82) is 0 Å². The Balaban J connectivity index is 1.74. The summed E-state index contributed by atoms with van der Waals surface area (Å²) in [5.74, 6) is 0.783. The predicted molar refractivity (Wildman–Crippen MR) is 77.3 cm³/mol. The van der Waals surface area contributed by atoms with Crippen molar-refractivity contribution >= 4 is 17.6 Å². The van der Waals surface area contributed by atoms with Crippen molar-refractivity contribution in [2.75, 3.05) is 23.3 Å². The summed E-state index contributed by atoms with van der Waals surface area (Å²) in [6.45, 7) is 3.73. The van der Waals surface area contributed by atoms with E-state index in [-0.39, 0.29) is 5.91 Å². The van der Waals surface area contributed by atoms with E-state index in [0.717, 1.165) is 31.7 Å². The molecule has 1 amide bonds. The zero-order valence-electron chi connectivity index (χ0n) is 11.9. The van der Waals surface area contributed by atoms with Crippen molar-refractivity contribution in [1.82, 2.24) is 15.1 Å². The molecular weight excluding hydrogens is 270 g/mol. The zero-order valence-corrected chi connectivity index (χ0v) is 11.9. The number of anilines is 2. The molecule has 1 saturated heterocycles. The minimum atomic E-state index is -0.327. The number of aryl methyl sites for hydroxylation is 1. The molecule has 3 rings (SSSR count). The Morgan fingerprint density at radius 3 is 2.76 bits per heavy atom. The lowest BCUT2D eigenvalue weighted by Gasteiger charge is -2.27. The van der Waals surface area contributed by atoms with E-state index in [1.807, 2.05) is 0 Å². The number of rotatable bonds is 3. The first-order chi connectivity index (χ1) is 10.2. The van der Waals surface area contributed by atoms with Crippen molar-refractivity contribution in [3.05, 3.63) is 29.8 Å². The number of nitrogens with one attached hydrogen (secondary N) is 1. The molecule has 0 bridgehead atoms. The Bertz CT molecular complexity index is 634. The molecule has 2 aromatic rings. The van der Waals surface area contributed by atoms with E-state index in [1.165, 1.54) is 12.7 Å². The minimum absolute atomic E-state index is 0.315. The first kappa shape index (κ1) is 13.5. The van der Waals surface area contributed by atoms with Gasteiger partial charge in [-0.2, -0.15) is 0 Å². The number of carbonyl (C=O) groups is 1. The van der Waals surface area contributed by atoms with Gasteiger partial charge in [0.2, 0.25) is 5.88 Å². The molecule has 0 atom stereocenters. The van der Waals surface area contributed by atoms with Crippen molar-refractivity contribution in [2.45, 2.75) is 26.2 Å². The van der Waals surface area contributed by atoms with Crippen LogP contribution in [-0.2, 0) is 0 Å². The smallest absolute Gasteiger partial charge is 0.276 e. The second kappa shape index (κ2) is 5.90. The maximum absolute atomic E-state index is 12.2. The summed E-state index contributed by atoms with van der Waals surface area (Å²) in [5.41, 5.74) is 1.03. The van der Waals surface area contributed by atoms with Gasteiger partial charge in [-0.1, -0.05) is 5.16 Å². The Hall–Kier alpha value is -2.44. The van der Waals surface area contributed by atoms with Crippen LogP contribution in [0.2, 0.25) is 0 Å². The standard InChI is InChI=1S/C14H17N5O2/c1-10-7-13(21-18-10)17-14(20)11-8-12(16-9-15-11)19-5-3-2-4-6-19/h7-9H,2-6H2,1H3,(H,17,20). The molecule has 0 spiro atoms. The average Bonchev–Trinajstić information content (AvgIpc) is 2.93. The SMILES string of the molecule is Cc1cc(NC(=O)c2cc(N3CCCCC3)ncn2)on1. The van der Waals surface area contributed by atoms with Gasteiger partial charge >= 0.3 is 0 Å². The van der Waals surface area contributed by atoms with Crippen LogP contribution >= 0.6 is 0 Å². The second-order valence-corrected chi connectivity index (χ2v) is 5.10. The van der Waals surface area contributed by atoms with Crippen LogP contribution in [0.15, 0.2) is 23.0 Å². The lowest BCUT2D eigenvalue weighted by Crippen LogP contribution is -2.30. The molecular formula is C14H17N5O2. The van der Waals surface area contributed by atoms with Gasteiger partial charge in [-0.05, 0) is 26.2 Å². The van der Waals surface area contributed by atoms with Crippen LogP contribution in [0, 0.1) is 6.92 Å². The molecule has 2 aromatic heterocycles. The normalized spacial score (nSPS) is 15.0. The van der Waals surface area contributed by atoms with Gasteiger partial charge < -0.3 is 9.42 Å².